The van der Waals surface area contributed by atoms with Gasteiger partial charge in [0, 0.05) is 24.5 Å². The number of halogens is 1. The van der Waals surface area contributed by atoms with E-state index in [2.05, 4.69) is 5.32 Å². The van der Waals surface area contributed by atoms with Crippen molar-refractivity contribution in [2.24, 2.45) is 0 Å². The predicted octanol–water partition coefficient (Wildman–Crippen LogP) is 4.99. The summed E-state index contributed by atoms with van der Waals surface area (Å²) in [6, 6.07) is 17.6. The van der Waals surface area contributed by atoms with Crippen LogP contribution in [-0.2, 0) is 4.79 Å². The van der Waals surface area contributed by atoms with Gasteiger partial charge < -0.3 is 19.5 Å². The van der Waals surface area contributed by atoms with E-state index in [1.807, 2.05) is 0 Å². The fourth-order valence-electron chi connectivity index (χ4n) is 3.12. The third-order valence-corrected chi connectivity index (χ3v) is 4.63. The van der Waals surface area contributed by atoms with Gasteiger partial charge in [-0.2, -0.15) is 0 Å². The molecule has 6 nitrogen and oxygen atoms in total. The standard InChI is InChI=1S/C24H20FNO5/c25-17-4-3-5-18(15-17)31-21-7-2-1-6-19(21)26-24(28)11-9-20(27)16-8-10-22-23(14-16)30-13-12-29-22/h1-8,10,14-15H,9,11-13H2,(H,26,28). The first-order valence-corrected chi connectivity index (χ1v) is 9.83. The minimum Gasteiger partial charge on any atom is -0.486 e. The van der Waals surface area contributed by atoms with Crippen LogP contribution in [0.5, 0.6) is 23.0 Å². The molecule has 0 unspecified atom stereocenters. The van der Waals surface area contributed by atoms with Gasteiger partial charge in [-0.25, -0.2) is 4.39 Å². The third kappa shape index (κ3) is 5.19. The van der Waals surface area contributed by atoms with Crippen molar-refractivity contribution < 1.29 is 28.2 Å². The number of ether oxygens (including phenoxy) is 3. The average molecular weight is 421 g/mol. The summed E-state index contributed by atoms with van der Waals surface area (Å²) in [5, 5.41) is 2.75. The van der Waals surface area contributed by atoms with Gasteiger partial charge in [-0.3, -0.25) is 9.59 Å². The number of rotatable bonds is 7. The van der Waals surface area contributed by atoms with E-state index >= 15 is 0 Å². The van der Waals surface area contributed by atoms with E-state index in [9.17, 15) is 14.0 Å². The first-order valence-electron chi connectivity index (χ1n) is 9.83. The Bertz CT molecular complexity index is 1110. The van der Waals surface area contributed by atoms with E-state index in [1.54, 1.807) is 48.5 Å². The Balaban J connectivity index is 1.36. The first-order chi connectivity index (χ1) is 15.1. The molecule has 0 saturated heterocycles. The maximum Gasteiger partial charge on any atom is 0.224 e. The van der Waals surface area contributed by atoms with Crippen LogP contribution >= 0.6 is 0 Å². The number of benzene rings is 3. The summed E-state index contributed by atoms with van der Waals surface area (Å²) >= 11 is 0. The number of nitrogens with one attached hydrogen (secondary N) is 1. The van der Waals surface area contributed by atoms with Crippen molar-refractivity contribution in [1.82, 2.24) is 0 Å². The number of para-hydroxylation sites is 2. The van der Waals surface area contributed by atoms with Crippen LogP contribution in [0.15, 0.2) is 66.7 Å². The molecule has 31 heavy (non-hydrogen) atoms. The van der Waals surface area contributed by atoms with Crippen molar-refractivity contribution in [1.29, 1.82) is 0 Å². The second kappa shape index (κ2) is 9.30. The molecular weight excluding hydrogens is 401 g/mol. The van der Waals surface area contributed by atoms with Crippen molar-refractivity contribution in [3.8, 4) is 23.0 Å². The Labute approximate surface area is 178 Å². The van der Waals surface area contributed by atoms with Crippen molar-refractivity contribution in [2.75, 3.05) is 18.5 Å². The average Bonchev–Trinajstić information content (AvgIpc) is 2.78. The Morgan fingerprint density at radius 3 is 2.55 bits per heavy atom. The monoisotopic (exact) mass is 421 g/mol. The highest BCUT2D eigenvalue weighted by atomic mass is 19.1. The SMILES string of the molecule is O=C(CCC(=O)c1ccc2c(c1)OCCO2)Nc1ccccc1Oc1cccc(F)c1. The number of Topliss-reactive ketones (excluding diaryl/α,β-unsaturated/α-hetero) is 1. The summed E-state index contributed by atoms with van der Waals surface area (Å²) in [7, 11) is 0. The lowest BCUT2D eigenvalue weighted by molar-refractivity contribution is -0.116. The van der Waals surface area contributed by atoms with Gasteiger partial charge in [0.2, 0.25) is 5.91 Å². The van der Waals surface area contributed by atoms with Gasteiger partial charge in [0.15, 0.2) is 23.0 Å². The van der Waals surface area contributed by atoms with E-state index in [0.717, 1.165) is 0 Å². The number of hydrogen-bond donors (Lipinski definition) is 1. The molecule has 0 bridgehead atoms. The molecule has 3 aromatic rings. The lowest BCUT2D eigenvalue weighted by Gasteiger charge is -2.18. The van der Waals surface area contributed by atoms with Crippen LogP contribution in [0.1, 0.15) is 23.2 Å². The largest absolute Gasteiger partial charge is 0.486 e. The normalized spacial score (nSPS) is 12.2. The van der Waals surface area contributed by atoms with Gasteiger partial charge in [0.05, 0.1) is 5.69 Å². The minimum atomic E-state index is -0.420. The second-order valence-corrected chi connectivity index (χ2v) is 6.89. The lowest BCUT2D eigenvalue weighted by Crippen LogP contribution is -2.16. The van der Waals surface area contributed by atoms with Crippen molar-refractivity contribution in [2.45, 2.75) is 12.8 Å². The van der Waals surface area contributed by atoms with Crippen LogP contribution in [0.25, 0.3) is 0 Å². The topological polar surface area (TPSA) is 73.9 Å². The van der Waals surface area contributed by atoms with Crippen LogP contribution in [0.3, 0.4) is 0 Å². The number of fused-ring (bicyclic) bond motifs is 1. The van der Waals surface area contributed by atoms with Gasteiger partial charge in [-0.1, -0.05) is 18.2 Å². The number of anilines is 1. The molecule has 0 atom stereocenters. The molecule has 0 radical (unpaired) electrons. The Morgan fingerprint density at radius 2 is 1.71 bits per heavy atom. The molecule has 7 heteroatoms. The Hall–Kier alpha value is -3.87. The molecular formula is C24H20FNO5. The summed E-state index contributed by atoms with van der Waals surface area (Å²) in [6.07, 6.45) is 0.0416. The molecule has 0 saturated carbocycles. The van der Waals surface area contributed by atoms with Crippen molar-refractivity contribution >= 4 is 17.4 Å². The van der Waals surface area contributed by atoms with Gasteiger partial charge in [-0.05, 0) is 42.5 Å². The zero-order chi connectivity index (χ0) is 21.6. The van der Waals surface area contributed by atoms with E-state index in [0.29, 0.717) is 47.5 Å². The highest BCUT2D eigenvalue weighted by molar-refractivity contribution is 6.00. The third-order valence-electron chi connectivity index (χ3n) is 4.63. The number of ketones is 1. The molecule has 158 valence electrons. The molecule has 4 rings (SSSR count). The van der Waals surface area contributed by atoms with Crippen molar-refractivity contribution in [3.05, 3.63) is 78.1 Å². The zero-order valence-electron chi connectivity index (χ0n) is 16.6. The maximum atomic E-state index is 13.4. The number of amides is 1. The van der Waals surface area contributed by atoms with Crippen LogP contribution in [0.2, 0.25) is 0 Å². The van der Waals surface area contributed by atoms with E-state index in [1.165, 1.54) is 18.2 Å². The summed E-state index contributed by atoms with van der Waals surface area (Å²) < 4.78 is 30.0. The molecule has 0 aromatic heterocycles. The van der Waals surface area contributed by atoms with Gasteiger partial charge >= 0.3 is 0 Å². The zero-order valence-corrected chi connectivity index (χ0v) is 16.6. The molecule has 1 amide bonds. The Kier molecular flexibility index (Phi) is 6.12. The number of carbonyl (C=O) groups excluding carboxylic acids is 2. The van der Waals surface area contributed by atoms with E-state index in [4.69, 9.17) is 14.2 Å². The summed E-state index contributed by atoms with van der Waals surface area (Å²) in [4.78, 5) is 24.9. The lowest BCUT2D eigenvalue weighted by atomic mass is 10.1. The molecule has 0 spiro atoms. The molecule has 1 heterocycles. The molecule has 1 aliphatic heterocycles. The molecule has 3 aromatic carbocycles. The summed E-state index contributed by atoms with van der Waals surface area (Å²) in [6.45, 7) is 0.912. The fraction of sp³-hybridized carbons (Fsp3) is 0.167. The van der Waals surface area contributed by atoms with Gasteiger partial charge in [0.25, 0.3) is 0 Å². The highest BCUT2D eigenvalue weighted by Gasteiger charge is 2.16. The maximum absolute atomic E-state index is 13.4. The van der Waals surface area contributed by atoms with Crippen LogP contribution in [-0.4, -0.2) is 24.9 Å². The minimum absolute atomic E-state index is 0.00156. The smallest absolute Gasteiger partial charge is 0.224 e. The fourth-order valence-corrected chi connectivity index (χ4v) is 3.12. The molecule has 0 fully saturated rings. The number of hydrogen-bond acceptors (Lipinski definition) is 5. The van der Waals surface area contributed by atoms with Gasteiger partial charge in [0.1, 0.15) is 24.8 Å². The Morgan fingerprint density at radius 1 is 0.903 bits per heavy atom. The predicted molar refractivity (Wildman–Crippen MR) is 113 cm³/mol. The number of carbonyl (C=O) groups is 2. The highest BCUT2D eigenvalue weighted by Crippen LogP contribution is 2.32. The molecule has 0 aliphatic carbocycles. The van der Waals surface area contributed by atoms with Crippen LogP contribution in [0, 0.1) is 5.82 Å². The first kappa shape index (κ1) is 20.4. The van der Waals surface area contributed by atoms with Gasteiger partial charge in [-0.15, -0.1) is 0 Å². The molecule has 1 aliphatic rings. The second-order valence-electron chi connectivity index (χ2n) is 6.89. The van der Waals surface area contributed by atoms with Crippen molar-refractivity contribution in [3.63, 3.8) is 0 Å². The summed E-state index contributed by atoms with van der Waals surface area (Å²) in [5.74, 6) is 0.907. The molecule has 1 N–H and O–H groups in total. The van der Waals surface area contributed by atoms with E-state index in [-0.39, 0.29) is 24.5 Å². The van der Waals surface area contributed by atoms with Crippen LogP contribution < -0.4 is 19.5 Å². The quantitative estimate of drug-likeness (QED) is 0.544. The summed E-state index contributed by atoms with van der Waals surface area (Å²) in [5.41, 5.74) is 0.899. The van der Waals surface area contributed by atoms with E-state index < -0.39 is 5.82 Å². The van der Waals surface area contributed by atoms with Crippen LogP contribution in [0.4, 0.5) is 10.1 Å².